The van der Waals surface area contributed by atoms with Gasteiger partial charge in [-0.2, -0.15) is 4.68 Å². The number of nitrogens with zero attached hydrogens (tertiary/aromatic N) is 5. The number of ether oxygens (including phenoxy) is 2. The summed E-state index contributed by atoms with van der Waals surface area (Å²) in [5, 5.41) is 16.4. The quantitative estimate of drug-likeness (QED) is 0.456. The summed E-state index contributed by atoms with van der Waals surface area (Å²) < 4.78 is 26.1. The molecule has 0 saturated carbocycles. The molecule has 164 valence electrons. The highest BCUT2D eigenvalue weighted by Crippen LogP contribution is 2.33. The Labute approximate surface area is 186 Å². The third kappa shape index (κ3) is 4.42. The van der Waals surface area contributed by atoms with Crippen molar-refractivity contribution in [2.75, 3.05) is 19.5 Å². The second-order valence-electron chi connectivity index (χ2n) is 6.74. The van der Waals surface area contributed by atoms with Crippen molar-refractivity contribution >= 4 is 22.9 Å². The lowest BCUT2D eigenvalue weighted by Gasteiger charge is -2.08. The number of anilines is 1. The first kappa shape index (κ1) is 21.4. The molecule has 0 aliphatic rings. The first-order valence-electron chi connectivity index (χ1n) is 9.50. The fraction of sp³-hybridized carbons (Fsp3) is 0.190. The number of halogens is 1. The van der Waals surface area contributed by atoms with Crippen molar-refractivity contribution in [2.45, 2.75) is 13.3 Å². The van der Waals surface area contributed by atoms with Crippen molar-refractivity contribution < 1.29 is 18.7 Å². The van der Waals surface area contributed by atoms with Gasteiger partial charge in [-0.3, -0.25) is 4.79 Å². The van der Waals surface area contributed by atoms with Crippen LogP contribution in [-0.2, 0) is 11.2 Å². The van der Waals surface area contributed by atoms with Crippen molar-refractivity contribution in [1.82, 2.24) is 25.2 Å². The number of amides is 1. The zero-order valence-corrected chi connectivity index (χ0v) is 18.3. The second kappa shape index (κ2) is 9.10. The molecule has 11 heteroatoms. The maximum Gasteiger partial charge on any atom is 0.230 e. The van der Waals surface area contributed by atoms with Crippen LogP contribution in [0.2, 0.25) is 0 Å². The standard InChI is InChI=1S/C21H19FN6O3S/c1-12-25-26-27-28(12)17-9-14(5-6-16(17)22)23-20(29)10-15-11-32-21(24-15)13-4-7-18(30-2)19(8-13)31-3/h4-9,11H,10H2,1-3H3,(H,23,29). The maximum absolute atomic E-state index is 14.2. The molecule has 1 amide bonds. The van der Waals surface area contributed by atoms with E-state index in [1.165, 1.54) is 34.2 Å². The Morgan fingerprint density at radius 3 is 2.69 bits per heavy atom. The van der Waals surface area contributed by atoms with Gasteiger partial charge in [0.05, 0.1) is 26.3 Å². The lowest BCUT2D eigenvalue weighted by atomic mass is 10.2. The first-order chi connectivity index (χ1) is 15.5. The summed E-state index contributed by atoms with van der Waals surface area (Å²) in [7, 11) is 3.15. The summed E-state index contributed by atoms with van der Waals surface area (Å²) in [6.07, 6.45) is 0.0698. The molecule has 2 aromatic carbocycles. The van der Waals surface area contributed by atoms with Crippen LogP contribution < -0.4 is 14.8 Å². The van der Waals surface area contributed by atoms with Crippen molar-refractivity contribution in [1.29, 1.82) is 0 Å². The number of tetrazole rings is 1. The number of aryl methyl sites for hydroxylation is 1. The van der Waals surface area contributed by atoms with Crippen LogP contribution in [0.1, 0.15) is 11.5 Å². The van der Waals surface area contributed by atoms with Crippen molar-refractivity contribution in [2.24, 2.45) is 0 Å². The summed E-state index contributed by atoms with van der Waals surface area (Å²) in [4.78, 5) is 17.1. The van der Waals surface area contributed by atoms with Gasteiger partial charge in [0.2, 0.25) is 5.91 Å². The van der Waals surface area contributed by atoms with Gasteiger partial charge in [0.1, 0.15) is 16.5 Å². The zero-order valence-electron chi connectivity index (χ0n) is 17.5. The van der Waals surface area contributed by atoms with Crippen LogP contribution in [0.4, 0.5) is 10.1 Å². The van der Waals surface area contributed by atoms with Crippen molar-refractivity contribution in [3.63, 3.8) is 0 Å². The minimum atomic E-state index is -0.502. The highest BCUT2D eigenvalue weighted by atomic mass is 32.1. The first-order valence-corrected chi connectivity index (χ1v) is 10.4. The summed E-state index contributed by atoms with van der Waals surface area (Å²) in [5.74, 6) is 0.877. The number of methoxy groups -OCH3 is 2. The topological polar surface area (TPSA) is 104 Å². The molecular formula is C21H19FN6O3S. The number of nitrogens with one attached hydrogen (secondary N) is 1. The summed E-state index contributed by atoms with van der Waals surface area (Å²) >= 11 is 1.43. The lowest BCUT2D eigenvalue weighted by molar-refractivity contribution is -0.115. The lowest BCUT2D eigenvalue weighted by Crippen LogP contribution is -2.15. The van der Waals surface area contributed by atoms with Crippen LogP contribution in [0, 0.1) is 12.7 Å². The Hall–Kier alpha value is -3.86. The molecule has 9 nitrogen and oxygen atoms in total. The Kier molecular flexibility index (Phi) is 6.08. The number of hydrogen-bond acceptors (Lipinski definition) is 8. The molecule has 0 bridgehead atoms. The number of aromatic nitrogens is 5. The normalized spacial score (nSPS) is 10.8. The van der Waals surface area contributed by atoms with Gasteiger partial charge >= 0.3 is 0 Å². The Bertz CT molecular complexity index is 1270. The largest absolute Gasteiger partial charge is 0.493 e. The highest BCUT2D eigenvalue weighted by molar-refractivity contribution is 7.13. The minimum absolute atomic E-state index is 0.0698. The number of carbonyl (C=O) groups is 1. The molecule has 0 unspecified atom stereocenters. The molecule has 0 saturated heterocycles. The van der Waals surface area contributed by atoms with Crippen LogP contribution in [0.25, 0.3) is 16.3 Å². The van der Waals surface area contributed by atoms with Gasteiger partial charge < -0.3 is 14.8 Å². The molecule has 2 heterocycles. The van der Waals surface area contributed by atoms with E-state index < -0.39 is 5.82 Å². The van der Waals surface area contributed by atoms with E-state index in [2.05, 4.69) is 25.8 Å². The van der Waals surface area contributed by atoms with Crippen LogP contribution in [0.3, 0.4) is 0 Å². The number of thiazole rings is 1. The van der Waals surface area contributed by atoms with Gasteiger partial charge in [0.15, 0.2) is 17.3 Å². The predicted octanol–water partition coefficient (Wildman–Crippen LogP) is 3.43. The van der Waals surface area contributed by atoms with E-state index in [1.807, 2.05) is 17.5 Å². The van der Waals surface area contributed by atoms with E-state index in [4.69, 9.17) is 9.47 Å². The molecule has 2 aromatic heterocycles. The van der Waals surface area contributed by atoms with E-state index in [-0.39, 0.29) is 18.0 Å². The molecule has 0 radical (unpaired) electrons. The van der Waals surface area contributed by atoms with E-state index in [0.29, 0.717) is 28.7 Å². The van der Waals surface area contributed by atoms with Crippen LogP contribution >= 0.6 is 11.3 Å². The van der Waals surface area contributed by atoms with E-state index in [0.717, 1.165) is 10.6 Å². The van der Waals surface area contributed by atoms with Crippen LogP contribution in [0.5, 0.6) is 11.5 Å². The fourth-order valence-electron chi connectivity index (χ4n) is 3.07. The number of rotatable bonds is 7. The average molecular weight is 454 g/mol. The number of benzene rings is 2. The molecule has 0 spiro atoms. The summed E-state index contributed by atoms with van der Waals surface area (Å²) in [5.41, 5.74) is 2.06. The van der Waals surface area contributed by atoms with Gasteiger partial charge in [0.25, 0.3) is 0 Å². The van der Waals surface area contributed by atoms with E-state index >= 15 is 0 Å². The smallest absolute Gasteiger partial charge is 0.230 e. The monoisotopic (exact) mass is 454 g/mol. The molecule has 0 aliphatic heterocycles. The minimum Gasteiger partial charge on any atom is -0.493 e. The van der Waals surface area contributed by atoms with Crippen molar-refractivity contribution in [3.8, 4) is 27.8 Å². The maximum atomic E-state index is 14.2. The average Bonchev–Trinajstić information content (AvgIpc) is 3.43. The number of carbonyl (C=O) groups excluding carboxylic acids is 1. The number of hydrogen-bond donors (Lipinski definition) is 1. The molecular weight excluding hydrogens is 435 g/mol. The molecule has 4 rings (SSSR count). The zero-order chi connectivity index (χ0) is 22.7. The van der Waals surface area contributed by atoms with Crippen molar-refractivity contribution in [3.05, 3.63) is 59.1 Å². The summed E-state index contributed by atoms with van der Waals surface area (Å²) in [6.45, 7) is 1.66. The Morgan fingerprint density at radius 1 is 1.16 bits per heavy atom. The van der Waals surface area contributed by atoms with Gasteiger partial charge in [-0.15, -0.1) is 16.4 Å². The van der Waals surface area contributed by atoms with Crippen LogP contribution in [-0.4, -0.2) is 45.3 Å². The van der Waals surface area contributed by atoms with E-state index in [9.17, 15) is 9.18 Å². The van der Waals surface area contributed by atoms with Gasteiger partial charge in [-0.25, -0.2) is 9.37 Å². The summed E-state index contributed by atoms with van der Waals surface area (Å²) in [6, 6.07) is 9.73. The van der Waals surface area contributed by atoms with Gasteiger partial charge in [0, 0.05) is 16.6 Å². The molecule has 0 atom stereocenters. The molecule has 4 aromatic rings. The Balaban J connectivity index is 1.47. The van der Waals surface area contributed by atoms with Gasteiger partial charge in [-0.1, -0.05) is 0 Å². The van der Waals surface area contributed by atoms with Gasteiger partial charge in [-0.05, 0) is 53.7 Å². The molecule has 0 aliphatic carbocycles. The highest BCUT2D eigenvalue weighted by Gasteiger charge is 2.14. The molecule has 32 heavy (non-hydrogen) atoms. The second-order valence-corrected chi connectivity index (χ2v) is 7.60. The van der Waals surface area contributed by atoms with Crippen LogP contribution in [0.15, 0.2) is 41.8 Å². The fourth-order valence-corrected chi connectivity index (χ4v) is 3.88. The Morgan fingerprint density at radius 2 is 1.97 bits per heavy atom. The predicted molar refractivity (Wildman–Crippen MR) is 117 cm³/mol. The SMILES string of the molecule is COc1ccc(-c2nc(CC(=O)Nc3ccc(F)c(-n4nnnc4C)c3)cs2)cc1OC. The molecule has 0 fully saturated rings. The third-order valence-electron chi connectivity index (χ3n) is 4.61. The third-order valence-corrected chi connectivity index (χ3v) is 5.55. The molecule has 1 N–H and O–H groups in total. The van der Waals surface area contributed by atoms with E-state index in [1.54, 1.807) is 27.2 Å².